The van der Waals surface area contributed by atoms with Crippen molar-refractivity contribution in [2.45, 2.75) is 25.8 Å². The van der Waals surface area contributed by atoms with Gasteiger partial charge in [0.1, 0.15) is 0 Å². The van der Waals surface area contributed by atoms with E-state index in [2.05, 4.69) is 21.1 Å². The second-order valence-electron chi connectivity index (χ2n) is 7.72. The number of carbonyl (C=O) groups is 3. The molecule has 1 aliphatic rings. The monoisotopic (exact) mass is 432 g/mol. The van der Waals surface area contributed by atoms with Crippen molar-refractivity contribution in [3.8, 4) is 11.3 Å². The predicted molar refractivity (Wildman–Crippen MR) is 119 cm³/mol. The summed E-state index contributed by atoms with van der Waals surface area (Å²) < 4.78 is 5.21. The van der Waals surface area contributed by atoms with E-state index in [-0.39, 0.29) is 36.5 Å². The molecule has 1 saturated carbocycles. The molecule has 0 saturated heterocycles. The third-order valence-corrected chi connectivity index (χ3v) is 5.37. The minimum absolute atomic E-state index is 0.0448. The van der Waals surface area contributed by atoms with Crippen LogP contribution in [0.15, 0.2) is 65.2 Å². The molecule has 1 aromatic heterocycles. The van der Waals surface area contributed by atoms with Crippen LogP contribution in [0.4, 0.5) is 5.69 Å². The molecule has 1 aliphatic carbocycles. The number of hydrogen-bond donors (Lipinski definition) is 3. The maximum atomic E-state index is 12.2. The van der Waals surface area contributed by atoms with Gasteiger partial charge in [-0.05, 0) is 30.5 Å². The standard InChI is InChI=1S/C24H24N4O4/c29-22(15-26-24(31)20-13-21(32-28-20)17-7-2-1-3-8-17)25-14-16-6-4-11-19(12-16)27-23(30)18-9-5-10-18/h1-4,6-8,11-13,18H,5,9-10,14-15H2,(H,25,29)(H,26,31)(H,27,30). The number of rotatable bonds is 8. The fraction of sp³-hybridized carbons (Fsp3) is 0.250. The molecule has 3 amide bonds. The maximum absolute atomic E-state index is 12.2. The highest BCUT2D eigenvalue weighted by Gasteiger charge is 2.25. The van der Waals surface area contributed by atoms with E-state index in [1.807, 2.05) is 54.6 Å². The van der Waals surface area contributed by atoms with Gasteiger partial charge in [-0.25, -0.2) is 0 Å². The fourth-order valence-electron chi connectivity index (χ4n) is 3.31. The van der Waals surface area contributed by atoms with Crippen molar-refractivity contribution in [2.24, 2.45) is 5.92 Å². The topological polar surface area (TPSA) is 113 Å². The molecule has 164 valence electrons. The first-order valence-corrected chi connectivity index (χ1v) is 10.6. The van der Waals surface area contributed by atoms with E-state index < -0.39 is 5.91 Å². The minimum Gasteiger partial charge on any atom is -0.355 e. The molecule has 0 atom stereocenters. The lowest BCUT2D eigenvalue weighted by atomic mass is 9.85. The van der Waals surface area contributed by atoms with E-state index in [0.29, 0.717) is 11.4 Å². The van der Waals surface area contributed by atoms with E-state index in [1.54, 1.807) is 0 Å². The Morgan fingerprint density at radius 2 is 1.78 bits per heavy atom. The van der Waals surface area contributed by atoms with Crippen LogP contribution < -0.4 is 16.0 Å². The van der Waals surface area contributed by atoms with Crippen molar-refractivity contribution in [3.63, 3.8) is 0 Å². The third-order valence-electron chi connectivity index (χ3n) is 5.37. The van der Waals surface area contributed by atoms with Crippen LogP contribution in [0.5, 0.6) is 0 Å². The molecule has 4 rings (SSSR count). The third kappa shape index (κ3) is 5.40. The highest BCUT2D eigenvalue weighted by Crippen LogP contribution is 2.27. The molecule has 3 aromatic rings. The zero-order chi connectivity index (χ0) is 22.3. The summed E-state index contributed by atoms with van der Waals surface area (Å²) in [4.78, 5) is 36.5. The Hall–Kier alpha value is -3.94. The molecule has 1 fully saturated rings. The normalized spacial score (nSPS) is 13.1. The summed E-state index contributed by atoms with van der Waals surface area (Å²) in [6, 6.07) is 18.2. The zero-order valence-corrected chi connectivity index (χ0v) is 17.5. The highest BCUT2D eigenvalue weighted by atomic mass is 16.5. The molecule has 0 aliphatic heterocycles. The van der Waals surface area contributed by atoms with Crippen molar-refractivity contribution in [1.29, 1.82) is 0 Å². The van der Waals surface area contributed by atoms with Gasteiger partial charge in [-0.3, -0.25) is 14.4 Å². The van der Waals surface area contributed by atoms with Gasteiger partial charge in [0.15, 0.2) is 11.5 Å². The molecule has 2 aromatic carbocycles. The lowest BCUT2D eigenvalue weighted by Gasteiger charge is -2.24. The quantitative estimate of drug-likeness (QED) is 0.506. The Morgan fingerprint density at radius 3 is 2.53 bits per heavy atom. The highest BCUT2D eigenvalue weighted by molar-refractivity contribution is 5.95. The summed E-state index contributed by atoms with van der Waals surface area (Å²) in [5.74, 6) is -0.204. The van der Waals surface area contributed by atoms with Gasteiger partial charge < -0.3 is 20.5 Å². The van der Waals surface area contributed by atoms with Crippen LogP contribution in [0.1, 0.15) is 35.3 Å². The summed E-state index contributed by atoms with van der Waals surface area (Å²) in [5, 5.41) is 12.0. The van der Waals surface area contributed by atoms with Gasteiger partial charge in [0.2, 0.25) is 11.8 Å². The summed E-state index contributed by atoms with van der Waals surface area (Å²) in [5.41, 5.74) is 2.47. The summed E-state index contributed by atoms with van der Waals surface area (Å²) in [6.45, 7) is 0.0917. The van der Waals surface area contributed by atoms with Crippen molar-refractivity contribution in [3.05, 3.63) is 71.9 Å². The van der Waals surface area contributed by atoms with Gasteiger partial charge in [-0.2, -0.15) is 0 Å². The van der Waals surface area contributed by atoms with Crippen LogP contribution in [-0.2, 0) is 16.1 Å². The number of benzene rings is 2. The van der Waals surface area contributed by atoms with Gasteiger partial charge in [-0.15, -0.1) is 0 Å². The summed E-state index contributed by atoms with van der Waals surface area (Å²) in [6.07, 6.45) is 2.98. The van der Waals surface area contributed by atoms with Gasteiger partial charge >= 0.3 is 0 Å². The smallest absolute Gasteiger partial charge is 0.273 e. The van der Waals surface area contributed by atoms with E-state index in [4.69, 9.17) is 4.52 Å². The first kappa shape index (κ1) is 21.3. The second-order valence-corrected chi connectivity index (χ2v) is 7.72. The summed E-state index contributed by atoms with van der Waals surface area (Å²) in [7, 11) is 0. The van der Waals surface area contributed by atoms with Crippen LogP contribution >= 0.6 is 0 Å². The number of nitrogens with one attached hydrogen (secondary N) is 3. The van der Waals surface area contributed by atoms with E-state index >= 15 is 0 Å². The number of aromatic nitrogens is 1. The first-order chi connectivity index (χ1) is 15.6. The molecule has 1 heterocycles. The maximum Gasteiger partial charge on any atom is 0.273 e. The predicted octanol–water partition coefficient (Wildman–Crippen LogP) is 3.13. The van der Waals surface area contributed by atoms with Gasteiger partial charge in [0, 0.05) is 29.8 Å². The second kappa shape index (κ2) is 9.91. The number of hydrogen-bond acceptors (Lipinski definition) is 5. The lowest BCUT2D eigenvalue weighted by molar-refractivity contribution is -0.122. The number of carbonyl (C=O) groups excluding carboxylic acids is 3. The van der Waals surface area contributed by atoms with Crippen molar-refractivity contribution in [1.82, 2.24) is 15.8 Å². The SMILES string of the molecule is O=C(CNC(=O)c1cc(-c2ccccc2)on1)NCc1cccc(NC(=O)C2CCC2)c1. The molecule has 0 spiro atoms. The van der Waals surface area contributed by atoms with E-state index in [9.17, 15) is 14.4 Å². The van der Waals surface area contributed by atoms with Crippen molar-refractivity contribution in [2.75, 3.05) is 11.9 Å². The fourth-order valence-corrected chi connectivity index (χ4v) is 3.31. The van der Waals surface area contributed by atoms with Crippen LogP contribution in [-0.4, -0.2) is 29.4 Å². The zero-order valence-electron chi connectivity index (χ0n) is 17.5. The summed E-state index contributed by atoms with van der Waals surface area (Å²) >= 11 is 0. The molecule has 32 heavy (non-hydrogen) atoms. The Balaban J connectivity index is 1.23. The van der Waals surface area contributed by atoms with Crippen LogP contribution in [0, 0.1) is 5.92 Å². The number of anilines is 1. The lowest BCUT2D eigenvalue weighted by Crippen LogP contribution is -2.36. The molecule has 0 bridgehead atoms. The van der Waals surface area contributed by atoms with Crippen molar-refractivity contribution >= 4 is 23.4 Å². The molecule has 0 unspecified atom stereocenters. The molecule has 8 heteroatoms. The minimum atomic E-state index is -0.494. The molecular formula is C24H24N4O4. The number of amides is 3. The van der Waals surface area contributed by atoms with E-state index in [0.717, 1.165) is 30.4 Å². The van der Waals surface area contributed by atoms with Crippen LogP contribution in [0.25, 0.3) is 11.3 Å². The largest absolute Gasteiger partial charge is 0.355 e. The Kier molecular flexibility index (Phi) is 6.60. The molecule has 8 nitrogen and oxygen atoms in total. The Morgan fingerprint density at radius 1 is 0.969 bits per heavy atom. The van der Waals surface area contributed by atoms with Crippen LogP contribution in [0.3, 0.4) is 0 Å². The molecule has 3 N–H and O–H groups in total. The Bertz CT molecular complexity index is 1110. The average molecular weight is 432 g/mol. The van der Waals surface area contributed by atoms with E-state index in [1.165, 1.54) is 6.07 Å². The van der Waals surface area contributed by atoms with Crippen molar-refractivity contribution < 1.29 is 18.9 Å². The van der Waals surface area contributed by atoms with Gasteiger partial charge in [-0.1, -0.05) is 54.0 Å². The average Bonchev–Trinajstić information content (AvgIpc) is 3.26. The molecular weight excluding hydrogens is 408 g/mol. The molecule has 0 radical (unpaired) electrons. The Labute approximate surface area is 185 Å². The number of nitrogens with zero attached hydrogens (tertiary/aromatic N) is 1. The first-order valence-electron chi connectivity index (χ1n) is 10.6. The van der Waals surface area contributed by atoms with Gasteiger partial charge in [0.05, 0.1) is 6.54 Å². The van der Waals surface area contributed by atoms with Gasteiger partial charge in [0.25, 0.3) is 5.91 Å². The van der Waals surface area contributed by atoms with Crippen LogP contribution in [0.2, 0.25) is 0 Å².